The molecule has 1 aliphatic heterocycles. The zero-order valence-electron chi connectivity index (χ0n) is 15.9. The molecule has 0 radical (unpaired) electrons. The third kappa shape index (κ3) is 4.19. The predicted octanol–water partition coefficient (Wildman–Crippen LogP) is 4.35. The van der Waals surface area contributed by atoms with Crippen LogP contribution in [0, 0.1) is 0 Å². The van der Waals surface area contributed by atoms with Gasteiger partial charge in [-0.2, -0.15) is 0 Å². The number of benzene rings is 2. The number of anilines is 3. The van der Waals surface area contributed by atoms with Gasteiger partial charge in [-0.3, -0.25) is 5.32 Å². The van der Waals surface area contributed by atoms with E-state index in [0.717, 1.165) is 16.8 Å². The minimum atomic E-state index is -0.599. The Morgan fingerprint density at radius 2 is 1.83 bits per heavy atom. The van der Waals surface area contributed by atoms with Crippen molar-refractivity contribution in [2.75, 3.05) is 16.4 Å². The van der Waals surface area contributed by atoms with Crippen LogP contribution in [-0.4, -0.2) is 22.8 Å². The molecule has 0 bridgehead atoms. The number of hydrogen-bond donors (Lipinski definition) is 3. The highest BCUT2D eigenvalue weighted by Crippen LogP contribution is 2.37. The molecular formula is C22H21N5O2. The Kier molecular flexibility index (Phi) is 5.11. The van der Waals surface area contributed by atoms with Crippen molar-refractivity contribution in [2.45, 2.75) is 19.6 Å². The van der Waals surface area contributed by atoms with Gasteiger partial charge in [0.2, 0.25) is 0 Å². The second-order valence-corrected chi connectivity index (χ2v) is 6.70. The zero-order chi connectivity index (χ0) is 20.2. The number of nitrogens with two attached hydrogens (primary N) is 1. The van der Waals surface area contributed by atoms with Gasteiger partial charge in [0.05, 0.1) is 17.4 Å². The van der Waals surface area contributed by atoms with Crippen LogP contribution in [0.4, 0.5) is 27.8 Å². The number of rotatable bonds is 4. The molecule has 2 aromatic carbocycles. The van der Waals surface area contributed by atoms with Crippen LogP contribution in [0.2, 0.25) is 0 Å². The lowest BCUT2D eigenvalue weighted by Gasteiger charge is -2.25. The maximum absolute atomic E-state index is 12.1. The van der Waals surface area contributed by atoms with Gasteiger partial charge in [-0.15, -0.1) is 0 Å². The highest BCUT2D eigenvalue weighted by Gasteiger charge is 2.23. The van der Waals surface area contributed by atoms with Crippen molar-refractivity contribution in [2.24, 2.45) is 4.99 Å². The minimum Gasteiger partial charge on any atom is -0.444 e. The first kappa shape index (κ1) is 18.5. The SMILES string of the molecule is C[C@@H]1Nc2cc(NC(=O)OCc3ccccc3)nc(N)c2N=C1c1ccccc1. The second kappa shape index (κ2) is 8.02. The Morgan fingerprint density at radius 1 is 1.14 bits per heavy atom. The highest BCUT2D eigenvalue weighted by molar-refractivity contribution is 6.10. The molecule has 146 valence electrons. The molecule has 29 heavy (non-hydrogen) atoms. The van der Waals surface area contributed by atoms with Gasteiger partial charge >= 0.3 is 6.09 Å². The Bertz CT molecular complexity index is 1050. The molecule has 1 amide bonds. The average molecular weight is 387 g/mol. The molecule has 0 fully saturated rings. The van der Waals surface area contributed by atoms with Crippen molar-refractivity contribution in [1.82, 2.24) is 4.98 Å². The average Bonchev–Trinajstić information content (AvgIpc) is 2.73. The van der Waals surface area contributed by atoms with Gasteiger partial charge in [-0.1, -0.05) is 60.7 Å². The van der Waals surface area contributed by atoms with E-state index in [4.69, 9.17) is 15.5 Å². The van der Waals surface area contributed by atoms with E-state index in [0.29, 0.717) is 17.2 Å². The smallest absolute Gasteiger partial charge is 0.413 e. The van der Waals surface area contributed by atoms with E-state index >= 15 is 0 Å². The third-order valence-electron chi connectivity index (χ3n) is 4.55. The van der Waals surface area contributed by atoms with Crippen LogP contribution >= 0.6 is 0 Å². The summed E-state index contributed by atoms with van der Waals surface area (Å²) < 4.78 is 5.23. The maximum Gasteiger partial charge on any atom is 0.413 e. The molecule has 3 aromatic rings. The number of ether oxygens (including phenoxy) is 1. The maximum atomic E-state index is 12.1. The van der Waals surface area contributed by atoms with Crippen LogP contribution in [0.1, 0.15) is 18.1 Å². The van der Waals surface area contributed by atoms with Crippen molar-refractivity contribution in [3.8, 4) is 0 Å². The van der Waals surface area contributed by atoms with Crippen molar-refractivity contribution >= 4 is 34.8 Å². The number of nitrogen functional groups attached to an aromatic ring is 1. The number of hydrogen-bond acceptors (Lipinski definition) is 6. The van der Waals surface area contributed by atoms with E-state index in [-0.39, 0.29) is 18.5 Å². The molecule has 0 unspecified atom stereocenters. The molecule has 1 atom stereocenters. The lowest BCUT2D eigenvalue weighted by atomic mass is 10.0. The van der Waals surface area contributed by atoms with Gasteiger partial charge in [0, 0.05) is 6.07 Å². The van der Waals surface area contributed by atoms with E-state index in [2.05, 4.69) is 15.6 Å². The topological polar surface area (TPSA) is 102 Å². The first-order chi connectivity index (χ1) is 14.1. The normalized spacial score (nSPS) is 14.9. The molecule has 1 aliphatic rings. The first-order valence-corrected chi connectivity index (χ1v) is 9.29. The number of aliphatic imine (C=N–C) groups is 1. The first-order valence-electron chi connectivity index (χ1n) is 9.29. The predicted molar refractivity (Wildman–Crippen MR) is 115 cm³/mol. The summed E-state index contributed by atoms with van der Waals surface area (Å²) in [5.41, 5.74) is 10.2. The van der Waals surface area contributed by atoms with Crippen molar-refractivity contribution < 1.29 is 9.53 Å². The quantitative estimate of drug-likeness (QED) is 0.618. The summed E-state index contributed by atoms with van der Waals surface area (Å²) in [6, 6.07) is 21.0. The summed E-state index contributed by atoms with van der Waals surface area (Å²) in [7, 11) is 0. The monoisotopic (exact) mass is 387 g/mol. The standard InChI is InChI=1S/C22H21N5O2/c1-14-19(16-10-6-3-7-11-16)27-20-17(24-14)12-18(25-21(20)23)26-22(28)29-13-15-8-4-2-5-9-15/h2-12,14,24H,13H2,1H3,(H3,23,25,26,28)/t14-/m0/s1. The summed E-state index contributed by atoms with van der Waals surface area (Å²) in [5, 5.41) is 6.00. The number of nitrogens with zero attached hydrogens (tertiary/aromatic N) is 2. The van der Waals surface area contributed by atoms with Gasteiger partial charge in [-0.05, 0) is 18.1 Å². The molecule has 1 aromatic heterocycles. The molecular weight excluding hydrogens is 366 g/mol. The Hall–Kier alpha value is -3.87. The number of amides is 1. The van der Waals surface area contributed by atoms with Crippen LogP contribution in [-0.2, 0) is 11.3 Å². The number of carbonyl (C=O) groups is 1. The molecule has 0 aliphatic carbocycles. The van der Waals surface area contributed by atoms with Crippen LogP contribution in [0.3, 0.4) is 0 Å². The number of fused-ring (bicyclic) bond motifs is 1. The van der Waals surface area contributed by atoms with E-state index in [1.807, 2.05) is 67.6 Å². The van der Waals surface area contributed by atoms with Gasteiger partial charge in [0.1, 0.15) is 18.1 Å². The van der Waals surface area contributed by atoms with Gasteiger partial charge < -0.3 is 15.8 Å². The minimum absolute atomic E-state index is 0.0235. The lowest BCUT2D eigenvalue weighted by Crippen LogP contribution is -2.30. The Labute approximate surface area is 168 Å². The van der Waals surface area contributed by atoms with Crippen LogP contribution in [0.15, 0.2) is 71.7 Å². The van der Waals surface area contributed by atoms with E-state index < -0.39 is 6.09 Å². The zero-order valence-corrected chi connectivity index (χ0v) is 15.9. The fourth-order valence-corrected chi connectivity index (χ4v) is 3.16. The van der Waals surface area contributed by atoms with Crippen molar-refractivity contribution in [3.05, 3.63) is 77.9 Å². The second-order valence-electron chi connectivity index (χ2n) is 6.70. The molecule has 7 heteroatoms. The van der Waals surface area contributed by atoms with Gasteiger partial charge in [-0.25, -0.2) is 14.8 Å². The van der Waals surface area contributed by atoms with Crippen LogP contribution in [0.25, 0.3) is 0 Å². The summed E-state index contributed by atoms with van der Waals surface area (Å²) in [5.74, 6) is 0.533. The number of carbonyl (C=O) groups excluding carboxylic acids is 1. The number of pyridine rings is 1. The third-order valence-corrected chi connectivity index (χ3v) is 4.55. The molecule has 0 saturated carbocycles. The van der Waals surface area contributed by atoms with E-state index in [1.54, 1.807) is 6.07 Å². The van der Waals surface area contributed by atoms with Gasteiger partial charge in [0.15, 0.2) is 5.82 Å². The largest absolute Gasteiger partial charge is 0.444 e. The molecule has 4 rings (SSSR count). The van der Waals surface area contributed by atoms with Crippen molar-refractivity contribution in [3.63, 3.8) is 0 Å². The Morgan fingerprint density at radius 3 is 2.55 bits per heavy atom. The fourth-order valence-electron chi connectivity index (χ4n) is 3.16. The summed E-state index contributed by atoms with van der Waals surface area (Å²) >= 11 is 0. The summed E-state index contributed by atoms with van der Waals surface area (Å²) in [6.07, 6.45) is -0.599. The molecule has 0 spiro atoms. The molecule has 7 nitrogen and oxygen atoms in total. The van der Waals surface area contributed by atoms with Crippen LogP contribution < -0.4 is 16.4 Å². The summed E-state index contributed by atoms with van der Waals surface area (Å²) in [4.78, 5) is 21.1. The molecule has 4 N–H and O–H groups in total. The molecule has 0 saturated heterocycles. The highest BCUT2D eigenvalue weighted by atomic mass is 16.5. The van der Waals surface area contributed by atoms with Crippen molar-refractivity contribution in [1.29, 1.82) is 0 Å². The van der Waals surface area contributed by atoms with E-state index in [1.165, 1.54) is 0 Å². The lowest BCUT2D eigenvalue weighted by molar-refractivity contribution is 0.155. The van der Waals surface area contributed by atoms with E-state index in [9.17, 15) is 4.79 Å². The Balaban J connectivity index is 1.51. The number of nitrogens with one attached hydrogen (secondary N) is 2. The van der Waals surface area contributed by atoms with Gasteiger partial charge in [0.25, 0.3) is 0 Å². The summed E-state index contributed by atoms with van der Waals surface area (Å²) in [6.45, 7) is 2.19. The van der Waals surface area contributed by atoms with Crippen LogP contribution in [0.5, 0.6) is 0 Å². The number of aromatic nitrogens is 1. The molecule has 2 heterocycles. The fraction of sp³-hybridized carbons (Fsp3) is 0.136.